The highest BCUT2D eigenvalue weighted by Gasteiger charge is 2.09. The maximum absolute atomic E-state index is 4.60. The number of nitrogens with zero attached hydrogens (tertiary/aromatic N) is 1. The van der Waals surface area contributed by atoms with Gasteiger partial charge in [0.25, 0.3) is 0 Å². The molecule has 1 heterocycles. The van der Waals surface area contributed by atoms with Crippen molar-refractivity contribution in [2.75, 3.05) is 0 Å². The lowest BCUT2D eigenvalue weighted by molar-refractivity contribution is 1.26. The second-order valence-corrected chi connectivity index (χ2v) is 6.22. The van der Waals surface area contributed by atoms with E-state index in [-0.39, 0.29) is 0 Å². The Morgan fingerprint density at radius 1 is 1.06 bits per heavy atom. The van der Waals surface area contributed by atoms with E-state index >= 15 is 0 Å². The number of halogens is 1. The van der Waals surface area contributed by atoms with Crippen molar-refractivity contribution in [1.29, 1.82) is 0 Å². The zero-order valence-electron chi connectivity index (χ0n) is 9.27. The SMILES string of the molecule is Cc1nc(-c2cccc3ccccc23)sc1Br. The Balaban J connectivity index is 2.30. The molecule has 0 fully saturated rings. The van der Waals surface area contributed by atoms with Gasteiger partial charge in [0.15, 0.2) is 0 Å². The zero-order valence-corrected chi connectivity index (χ0v) is 11.7. The van der Waals surface area contributed by atoms with E-state index < -0.39 is 0 Å². The number of thiazole rings is 1. The molecule has 0 atom stereocenters. The van der Waals surface area contributed by atoms with E-state index in [1.54, 1.807) is 11.3 Å². The fraction of sp³-hybridized carbons (Fsp3) is 0.0714. The van der Waals surface area contributed by atoms with Gasteiger partial charge in [-0.15, -0.1) is 11.3 Å². The van der Waals surface area contributed by atoms with Crippen molar-refractivity contribution in [3.63, 3.8) is 0 Å². The molecular weight excluding hydrogens is 294 g/mol. The molecule has 1 nitrogen and oxygen atoms in total. The van der Waals surface area contributed by atoms with E-state index in [9.17, 15) is 0 Å². The topological polar surface area (TPSA) is 12.9 Å². The summed E-state index contributed by atoms with van der Waals surface area (Å²) in [6.45, 7) is 2.02. The molecule has 3 aromatic rings. The van der Waals surface area contributed by atoms with E-state index in [2.05, 4.69) is 63.4 Å². The monoisotopic (exact) mass is 303 g/mol. The lowest BCUT2D eigenvalue weighted by Crippen LogP contribution is -1.80. The van der Waals surface area contributed by atoms with Crippen molar-refractivity contribution in [3.8, 4) is 10.6 Å². The molecule has 2 aromatic carbocycles. The summed E-state index contributed by atoms with van der Waals surface area (Å²) < 4.78 is 1.11. The largest absolute Gasteiger partial charge is 0.240 e. The van der Waals surface area contributed by atoms with Crippen LogP contribution in [0, 0.1) is 6.92 Å². The van der Waals surface area contributed by atoms with Gasteiger partial charge in [-0.1, -0.05) is 42.5 Å². The summed E-state index contributed by atoms with van der Waals surface area (Å²) >= 11 is 5.22. The van der Waals surface area contributed by atoms with Crippen LogP contribution in [0.2, 0.25) is 0 Å². The Morgan fingerprint density at radius 2 is 1.82 bits per heavy atom. The Kier molecular flexibility index (Phi) is 2.73. The van der Waals surface area contributed by atoms with Crippen LogP contribution in [0.5, 0.6) is 0 Å². The van der Waals surface area contributed by atoms with Gasteiger partial charge in [-0.2, -0.15) is 0 Å². The van der Waals surface area contributed by atoms with Crippen LogP contribution in [0.25, 0.3) is 21.3 Å². The molecule has 0 aliphatic rings. The molecule has 0 saturated heterocycles. The molecule has 3 rings (SSSR count). The summed E-state index contributed by atoms with van der Waals surface area (Å²) in [5.41, 5.74) is 2.26. The van der Waals surface area contributed by atoms with Crippen molar-refractivity contribution in [3.05, 3.63) is 51.9 Å². The molecule has 0 saturated carbocycles. The van der Waals surface area contributed by atoms with Crippen LogP contribution in [0.3, 0.4) is 0 Å². The summed E-state index contributed by atoms with van der Waals surface area (Å²) in [4.78, 5) is 4.60. The first kappa shape index (κ1) is 10.9. The molecule has 84 valence electrons. The van der Waals surface area contributed by atoms with Crippen molar-refractivity contribution >= 4 is 38.0 Å². The Labute approximate surface area is 112 Å². The van der Waals surface area contributed by atoms with E-state index in [0.29, 0.717) is 0 Å². The Morgan fingerprint density at radius 3 is 2.59 bits per heavy atom. The van der Waals surface area contributed by atoms with Gasteiger partial charge in [0.05, 0.1) is 9.48 Å². The van der Waals surface area contributed by atoms with Crippen LogP contribution < -0.4 is 0 Å². The third kappa shape index (κ3) is 1.90. The van der Waals surface area contributed by atoms with Gasteiger partial charge < -0.3 is 0 Å². The molecular formula is C14H10BrNS. The number of hydrogen-bond donors (Lipinski definition) is 0. The van der Waals surface area contributed by atoms with Crippen LogP contribution in [-0.2, 0) is 0 Å². The third-order valence-corrected chi connectivity index (χ3v) is 4.80. The van der Waals surface area contributed by atoms with Gasteiger partial charge in [0.2, 0.25) is 0 Å². The Bertz CT molecular complexity index is 663. The number of hydrogen-bond acceptors (Lipinski definition) is 2. The quantitative estimate of drug-likeness (QED) is 0.614. The average Bonchev–Trinajstić information content (AvgIpc) is 2.69. The van der Waals surface area contributed by atoms with E-state index in [1.807, 2.05) is 6.92 Å². The molecule has 0 aliphatic carbocycles. The fourth-order valence-electron chi connectivity index (χ4n) is 1.90. The molecule has 0 unspecified atom stereocenters. The highest BCUT2D eigenvalue weighted by atomic mass is 79.9. The number of aromatic nitrogens is 1. The van der Waals surface area contributed by atoms with Crippen molar-refractivity contribution in [1.82, 2.24) is 4.98 Å². The summed E-state index contributed by atoms with van der Waals surface area (Å²) in [6, 6.07) is 14.8. The van der Waals surface area contributed by atoms with Crippen molar-refractivity contribution in [2.45, 2.75) is 6.92 Å². The zero-order chi connectivity index (χ0) is 11.8. The second-order valence-electron chi connectivity index (χ2n) is 3.90. The average molecular weight is 304 g/mol. The lowest BCUT2D eigenvalue weighted by atomic mass is 10.1. The molecule has 0 spiro atoms. The van der Waals surface area contributed by atoms with Crippen LogP contribution in [0.1, 0.15) is 5.69 Å². The predicted octanol–water partition coefficient (Wildman–Crippen LogP) is 5.03. The van der Waals surface area contributed by atoms with Gasteiger partial charge in [-0.25, -0.2) is 4.98 Å². The predicted molar refractivity (Wildman–Crippen MR) is 77.5 cm³/mol. The highest BCUT2D eigenvalue weighted by Crippen LogP contribution is 2.35. The summed E-state index contributed by atoms with van der Waals surface area (Å²) in [5, 5.41) is 3.59. The molecule has 0 N–H and O–H groups in total. The second kappa shape index (κ2) is 4.24. The minimum Gasteiger partial charge on any atom is -0.240 e. The maximum atomic E-state index is 4.60. The normalized spacial score (nSPS) is 10.9. The van der Waals surface area contributed by atoms with Gasteiger partial charge in [-0.3, -0.25) is 0 Å². The van der Waals surface area contributed by atoms with Gasteiger partial charge in [-0.05, 0) is 33.6 Å². The molecule has 0 bridgehead atoms. The molecule has 0 amide bonds. The molecule has 0 radical (unpaired) electrons. The number of aryl methyl sites for hydroxylation is 1. The van der Waals surface area contributed by atoms with Gasteiger partial charge >= 0.3 is 0 Å². The van der Waals surface area contributed by atoms with Crippen LogP contribution >= 0.6 is 27.3 Å². The van der Waals surface area contributed by atoms with Crippen molar-refractivity contribution < 1.29 is 0 Å². The van der Waals surface area contributed by atoms with Crippen LogP contribution in [0.4, 0.5) is 0 Å². The lowest BCUT2D eigenvalue weighted by Gasteiger charge is -2.02. The standard InChI is InChI=1S/C14H10BrNS/c1-9-13(15)17-14(16-9)12-8-4-6-10-5-2-3-7-11(10)12/h2-8H,1H3. The summed E-state index contributed by atoms with van der Waals surface area (Å²) in [5.74, 6) is 0. The highest BCUT2D eigenvalue weighted by molar-refractivity contribution is 9.11. The van der Waals surface area contributed by atoms with E-state index in [0.717, 1.165) is 14.5 Å². The molecule has 0 aliphatic heterocycles. The van der Waals surface area contributed by atoms with Crippen LogP contribution in [-0.4, -0.2) is 4.98 Å². The number of rotatable bonds is 1. The molecule has 1 aromatic heterocycles. The van der Waals surface area contributed by atoms with Crippen molar-refractivity contribution in [2.24, 2.45) is 0 Å². The van der Waals surface area contributed by atoms with Gasteiger partial charge in [0.1, 0.15) is 5.01 Å². The fourth-order valence-corrected chi connectivity index (χ4v) is 3.29. The number of fused-ring (bicyclic) bond motifs is 1. The van der Waals surface area contributed by atoms with Gasteiger partial charge in [0, 0.05) is 5.56 Å². The smallest absolute Gasteiger partial charge is 0.125 e. The first-order chi connectivity index (χ1) is 8.25. The first-order valence-corrected chi connectivity index (χ1v) is 6.98. The van der Waals surface area contributed by atoms with E-state index in [1.165, 1.54) is 16.3 Å². The molecule has 17 heavy (non-hydrogen) atoms. The maximum Gasteiger partial charge on any atom is 0.125 e. The number of benzene rings is 2. The third-order valence-electron chi connectivity index (χ3n) is 2.76. The first-order valence-electron chi connectivity index (χ1n) is 5.37. The minimum atomic E-state index is 1.05. The van der Waals surface area contributed by atoms with Crippen LogP contribution in [0.15, 0.2) is 46.3 Å². The van der Waals surface area contributed by atoms with E-state index in [4.69, 9.17) is 0 Å². The summed E-state index contributed by atoms with van der Waals surface area (Å²) in [7, 11) is 0. The summed E-state index contributed by atoms with van der Waals surface area (Å²) in [6.07, 6.45) is 0. The molecule has 3 heteroatoms. The minimum absolute atomic E-state index is 1.05. The Hall–Kier alpha value is -1.19.